The summed E-state index contributed by atoms with van der Waals surface area (Å²) in [7, 11) is 0. The van der Waals surface area contributed by atoms with E-state index in [0.717, 1.165) is 29.7 Å². The standard InChI is InChI=1S/C16H22FNO/c1-11(2)18-8-7-16(3,4)15-10-12-9-13(17)5-6-14(12)19-15/h5-6,9-11,18H,7-8H2,1-4H3. The lowest BCUT2D eigenvalue weighted by Gasteiger charge is -2.22. The van der Waals surface area contributed by atoms with Gasteiger partial charge in [0.2, 0.25) is 0 Å². The predicted octanol–water partition coefficient (Wildman–Crippen LogP) is 4.24. The van der Waals surface area contributed by atoms with Crippen LogP contribution < -0.4 is 5.32 Å². The molecule has 1 heterocycles. The van der Waals surface area contributed by atoms with E-state index in [4.69, 9.17) is 4.42 Å². The quantitative estimate of drug-likeness (QED) is 0.873. The van der Waals surface area contributed by atoms with Crippen LogP contribution in [0.2, 0.25) is 0 Å². The number of hydrogen-bond acceptors (Lipinski definition) is 2. The van der Waals surface area contributed by atoms with E-state index in [1.54, 1.807) is 6.07 Å². The first-order valence-corrected chi connectivity index (χ1v) is 6.81. The zero-order valence-electron chi connectivity index (χ0n) is 12.1. The van der Waals surface area contributed by atoms with Gasteiger partial charge in [-0.2, -0.15) is 0 Å². The number of benzene rings is 1. The average Bonchev–Trinajstić information content (AvgIpc) is 2.71. The molecule has 0 atom stereocenters. The monoisotopic (exact) mass is 263 g/mol. The minimum absolute atomic E-state index is 0.0581. The van der Waals surface area contributed by atoms with Crippen molar-refractivity contribution in [3.05, 3.63) is 35.8 Å². The SMILES string of the molecule is CC(C)NCCC(C)(C)c1cc2cc(F)ccc2o1. The Morgan fingerprint density at radius 3 is 2.68 bits per heavy atom. The Bertz CT molecular complexity index is 557. The molecular formula is C16H22FNO. The molecular weight excluding hydrogens is 241 g/mol. The predicted molar refractivity (Wildman–Crippen MR) is 77.0 cm³/mol. The summed E-state index contributed by atoms with van der Waals surface area (Å²) < 4.78 is 19.0. The third-order valence-electron chi connectivity index (χ3n) is 3.45. The Labute approximate surface area is 114 Å². The molecule has 0 bridgehead atoms. The minimum atomic E-state index is -0.223. The fraction of sp³-hybridized carbons (Fsp3) is 0.500. The number of hydrogen-bond donors (Lipinski definition) is 1. The van der Waals surface area contributed by atoms with Gasteiger partial charge in [0.15, 0.2) is 0 Å². The molecule has 104 valence electrons. The number of fused-ring (bicyclic) bond motifs is 1. The van der Waals surface area contributed by atoms with E-state index < -0.39 is 0 Å². The molecule has 0 amide bonds. The number of nitrogens with one attached hydrogen (secondary N) is 1. The molecule has 2 nitrogen and oxygen atoms in total. The van der Waals surface area contributed by atoms with Crippen LogP contribution in [0.1, 0.15) is 39.9 Å². The summed E-state index contributed by atoms with van der Waals surface area (Å²) in [5, 5.41) is 4.25. The molecule has 0 saturated heterocycles. The Kier molecular flexibility index (Phi) is 3.95. The van der Waals surface area contributed by atoms with Crippen molar-refractivity contribution < 1.29 is 8.81 Å². The van der Waals surface area contributed by atoms with Gasteiger partial charge in [0.05, 0.1) is 0 Å². The summed E-state index contributed by atoms with van der Waals surface area (Å²) in [5.41, 5.74) is 0.693. The van der Waals surface area contributed by atoms with Gasteiger partial charge < -0.3 is 9.73 Å². The first-order chi connectivity index (χ1) is 8.88. The molecule has 1 aromatic heterocycles. The van der Waals surface area contributed by atoms with Crippen LogP contribution in [0, 0.1) is 5.82 Å². The summed E-state index contributed by atoms with van der Waals surface area (Å²) in [4.78, 5) is 0. The van der Waals surface area contributed by atoms with Gasteiger partial charge in [0.25, 0.3) is 0 Å². The third-order valence-corrected chi connectivity index (χ3v) is 3.45. The van der Waals surface area contributed by atoms with Crippen LogP contribution >= 0.6 is 0 Å². The minimum Gasteiger partial charge on any atom is -0.461 e. The van der Waals surface area contributed by atoms with Crippen molar-refractivity contribution in [2.45, 2.75) is 45.6 Å². The van der Waals surface area contributed by atoms with Crippen LogP contribution in [0.25, 0.3) is 11.0 Å². The van der Waals surface area contributed by atoms with Crippen LogP contribution in [-0.2, 0) is 5.41 Å². The highest BCUT2D eigenvalue weighted by Crippen LogP contribution is 2.32. The third kappa shape index (κ3) is 3.35. The van der Waals surface area contributed by atoms with Gasteiger partial charge in [-0.1, -0.05) is 27.7 Å². The van der Waals surface area contributed by atoms with Crippen LogP contribution in [-0.4, -0.2) is 12.6 Å². The Morgan fingerprint density at radius 1 is 1.26 bits per heavy atom. The van der Waals surface area contributed by atoms with Crippen LogP contribution in [0.15, 0.2) is 28.7 Å². The van der Waals surface area contributed by atoms with Gasteiger partial charge in [0, 0.05) is 16.8 Å². The summed E-state index contributed by atoms with van der Waals surface area (Å²) in [6.07, 6.45) is 0.980. The maximum Gasteiger partial charge on any atom is 0.134 e. The smallest absolute Gasteiger partial charge is 0.134 e. The molecule has 2 aromatic rings. The van der Waals surface area contributed by atoms with Crippen LogP contribution in [0.5, 0.6) is 0 Å². The van der Waals surface area contributed by atoms with Crippen molar-refractivity contribution in [1.29, 1.82) is 0 Å². The fourth-order valence-corrected chi connectivity index (χ4v) is 2.14. The summed E-state index contributed by atoms with van der Waals surface area (Å²) in [6, 6.07) is 7.08. The topological polar surface area (TPSA) is 25.2 Å². The molecule has 0 aliphatic heterocycles. The molecule has 0 saturated carbocycles. The van der Waals surface area contributed by atoms with Gasteiger partial charge in [-0.05, 0) is 37.2 Å². The fourth-order valence-electron chi connectivity index (χ4n) is 2.14. The maximum absolute atomic E-state index is 13.2. The van der Waals surface area contributed by atoms with Gasteiger partial charge >= 0.3 is 0 Å². The average molecular weight is 263 g/mol. The zero-order valence-corrected chi connectivity index (χ0v) is 12.1. The molecule has 19 heavy (non-hydrogen) atoms. The molecule has 1 N–H and O–H groups in total. The largest absolute Gasteiger partial charge is 0.461 e. The van der Waals surface area contributed by atoms with E-state index in [0.29, 0.717) is 6.04 Å². The Balaban J connectivity index is 2.17. The van der Waals surface area contributed by atoms with Gasteiger partial charge in [-0.3, -0.25) is 0 Å². The van der Waals surface area contributed by atoms with Crippen LogP contribution in [0.4, 0.5) is 4.39 Å². The number of halogens is 1. The molecule has 0 unspecified atom stereocenters. The van der Waals surface area contributed by atoms with E-state index in [2.05, 4.69) is 33.0 Å². The molecule has 0 radical (unpaired) electrons. The van der Waals surface area contributed by atoms with Crippen LogP contribution in [0.3, 0.4) is 0 Å². The van der Waals surface area contributed by atoms with Crippen molar-refractivity contribution in [1.82, 2.24) is 5.32 Å². The van der Waals surface area contributed by atoms with Crippen molar-refractivity contribution >= 4 is 11.0 Å². The van der Waals surface area contributed by atoms with Gasteiger partial charge in [-0.25, -0.2) is 4.39 Å². The van der Waals surface area contributed by atoms with E-state index in [-0.39, 0.29) is 11.2 Å². The van der Waals surface area contributed by atoms with E-state index >= 15 is 0 Å². The Morgan fingerprint density at radius 2 is 2.00 bits per heavy atom. The van der Waals surface area contributed by atoms with E-state index in [1.165, 1.54) is 12.1 Å². The first-order valence-electron chi connectivity index (χ1n) is 6.81. The van der Waals surface area contributed by atoms with E-state index in [9.17, 15) is 4.39 Å². The van der Waals surface area contributed by atoms with Gasteiger partial charge in [0.1, 0.15) is 17.2 Å². The summed E-state index contributed by atoms with van der Waals surface area (Å²) >= 11 is 0. The maximum atomic E-state index is 13.2. The molecule has 0 aliphatic rings. The molecule has 1 aromatic carbocycles. The van der Waals surface area contributed by atoms with Crippen molar-refractivity contribution in [2.75, 3.05) is 6.54 Å². The highest BCUT2D eigenvalue weighted by molar-refractivity contribution is 5.78. The highest BCUT2D eigenvalue weighted by atomic mass is 19.1. The lowest BCUT2D eigenvalue weighted by molar-refractivity contribution is 0.365. The lowest BCUT2D eigenvalue weighted by Crippen LogP contribution is -2.29. The summed E-state index contributed by atoms with van der Waals surface area (Å²) in [6.45, 7) is 9.52. The number of furan rings is 1. The molecule has 3 heteroatoms. The lowest BCUT2D eigenvalue weighted by atomic mass is 9.86. The second kappa shape index (κ2) is 5.33. The number of rotatable bonds is 5. The molecule has 0 fully saturated rings. The second-order valence-corrected chi connectivity index (χ2v) is 6.04. The first kappa shape index (κ1) is 14.1. The molecule has 2 rings (SSSR count). The van der Waals surface area contributed by atoms with Crippen molar-refractivity contribution in [2.24, 2.45) is 0 Å². The van der Waals surface area contributed by atoms with Gasteiger partial charge in [-0.15, -0.1) is 0 Å². The highest BCUT2D eigenvalue weighted by Gasteiger charge is 2.24. The van der Waals surface area contributed by atoms with Crippen molar-refractivity contribution in [3.63, 3.8) is 0 Å². The molecule has 0 aliphatic carbocycles. The zero-order chi connectivity index (χ0) is 14.0. The second-order valence-electron chi connectivity index (χ2n) is 6.04. The van der Waals surface area contributed by atoms with Crippen molar-refractivity contribution in [3.8, 4) is 0 Å². The molecule has 0 spiro atoms. The summed E-state index contributed by atoms with van der Waals surface area (Å²) in [5.74, 6) is 0.692. The Hall–Kier alpha value is -1.35. The van der Waals surface area contributed by atoms with E-state index in [1.807, 2.05) is 6.07 Å². The normalized spacial score (nSPS) is 12.5.